The molecule has 0 bridgehead atoms. The number of imide groups is 1. The number of carboxylic acids is 1. The van der Waals surface area contributed by atoms with Crippen LogP contribution >= 0.6 is 23.4 Å². The van der Waals surface area contributed by atoms with Crippen molar-refractivity contribution in [2.24, 2.45) is 11.8 Å². The van der Waals surface area contributed by atoms with Gasteiger partial charge in [-0.15, -0.1) is 0 Å². The lowest BCUT2D eigenvalue weighted by Gasteiger charge is -2.24. The minimum Gasteiger partial charge on any atom is -0.481 e. The maximum absolute atomic E-state index is 12.8. The van der Waals surface area contributed by atoms with Crippen molar-refractivity contribution in [3.8, 4) is 11.1 Å². The number of aryl methyl sites for hydroxylation is 1. The van der Waals surface area contributed by atoms with Crippen molar-refractivity contribution in [3.63, 3.8) is 0 Å². The number of carbonyl (C=O) groups excluding carboxylic acids is 2. The number of thioether (sulfide) groups is 1. The fraction of sp³-hybridized carbons (Fsp3) is 0.276. The molecular formula is C29H26ClNO4S. The minimum absolute atomic E-state index is 0.0315. The zero-order valence-corrected chi connectivity index (χ0v) is 21.2. The molecule has 2 amide bonds. The third kappa shape index (κ3) is 4.93. The van der Waals surface area contributed by atoms with E-state index in [0.29, 0.717) is 22.6 Å². The summed E-state index contributed by atoms with van der Waals surface area (Å²) in [6.45, 7) is 0.159. The molecule has 1 saturated carbocycles. The van der Waals surface area contributed by atoms with Gasteiger partial charge >= 0.3 is 5.97 Å². The zero-order chi connectivity index (χ0) is 25.2. The lowest BCUT2D eigenvalue weighted by Crippen LogP contribution is -2.38. The zero-order valence-electron chi connectivity index (χ0n) is 19.6. The van der Waals surface area contributed by atoms with Crippen LogP contribution in [0.2, 0.25) is 5.02 Å². The van der Waals surface area contributed by atoms with Gasteiger partial charge in [-0.2, -0.15) is 11.8 Å². The summed E-state index contributed by atoms with van der Waals surface area (Å²) >= 11 is 7.66. The number of hydrogen-bond donors (Lipinski definition) is 1. The number of carbonyl (C=O) groups is 3. The van der Waals surface area contributed by atoms with Crippen LogP contribution in [0, 0.1) is 11.8 Å². The van der Waals surface area contributed by atoms with Gasteiger partial charge in [0.2, 0.25) is 0 Å². The highest BCUT2D eigenvalue weighted by Gasteiger charge is 2.45. The van der Waals surface area contributed by atoms with Gasteiger partial charge in [-0.1, -0.05) is 60.1 Å². The quantitative estimate of drug-likeness (QED) is 0.366. The minimum atomic E-state index is -0.848. The molecule has 0 saturated heterocycles. The highest BCUT2D eigenvalue weighted by atomic mass is 35.5. The summed E-state index contributed by atoms with van der Waals surface area (Å²) in [5, 5.41) is 10.7. The first kappa shape index (κ1) is 24.6. The van der Waals surface area contributed by atoms with E-state index in [-0.39, 0.29) is 29.5 Å². The first-order chi connectivity index (χ1) is 17.4. The number of hydrogen-bond acceptors (Lipinski definition) is 4. The number of aliphatic carboxylic acids is 1. The number of rotatable bonds is 8. The predicted octanol–water partition coefficient (Wildman–Crippen LogP) is 6.06. The van der Waals surface area contributed by atoms with E-state index in [0.717, 1.165) is 29.7 Å². The van der Waals surface area contributed by atoms with Crippen molar-refractivity contribution in [1.82, 2.24) is 4.90 Å². The van der Waals surface area contributed by atoms with Crippen LogP contribution in [0.25, 0.3) is 11.1 Å². The largest absolute Gasteiger partial charge is 0.481 e. The topological polar surface area (TPSA) is 74.7 Å². The van der Waals surface area contributed by atoms with E-state index in [2.05, 4.69) is 24.3 Å². The Morgan fingerprint density at radius 1 is 0.889 bits per heavy atom. The molecule has 0 spiro atoms. The third-order valence-corrected chi connectivity index (χ3v) is 8.81. The van der Waals surface area contributed by atoms with Gasteiger partial charge in [0.05, 0.1) is 17.0 Å². The van der Waals surface area contributed by atoms with E-state index in [9.17, 15) is 19.5 Å². The van der Waals surface area contributed by atoms with Crippen LogP contribution in [0.4, 0.5) is 0 Å². The Kier molecular flexibility index (Phi) is 7.17. The van der Waals surface area contributed by atoms with E-state index in [1.807, 2.05) is 24.3 Å². The molecule has 2 aliphatic rings. The van der Waals surface area contributed by atoms with Crippen LogP contribution in [-0.2, 0) is 11.2 Å². The summed E-state index contributed by atoms with van der Waals surface area (Å²) in [6.07, 6.45) is 2.31. The Morgan fingerprint density at radius 3 is 2.06 bits per heavy atom. The average Bonchev–Trinajstić information content (AvgIpc) is 3.40. The molecule has 3 atom stereocenters. The van der Waals surface area contributed by atoms with Crippen molar-refractivity contribution in [3.05, 3.63) is 94.5 Å². The Morgan fingerprint density at radius 2 is 1.47 bits per heavy atom. The van der Waals surface area contributed by atoms with Crippen LogP contribution in [0.15, 0.2) is 72.8 Å². The van der Waals surface area contributed by atoms with Crippen LogP contribution in [0.1, 0.15) is 39.1 Å². The van der Waals surface area contributed by atoms with Gasteiger partial charge in [-0.25, -0.2) is 0 Å². The summed E-state index contributed by atoms with van der Waals surface area (Å²) in [5.74, 6) is -1.49. The van der Waals surface area contributed by atoms with E-state index in [1.165, 1.54) is 10.5 Å². The SMILES string of the molecule is O=C(O)[C@@H]1[C@@H](CN2C(=O)c3ccccc3C2=O)CC[C@H]1SCCc1ccc(-c2ccc(Cl)cc2)cc1. The second-order valence-corrected chi connectivity index (χ2v) is 11.1. The van der Waals surface area contributed by atoms with Crippen LogP contribution < -0.4 is 0 Å². The number of fused-ring (bicyclic) bond motifs is 1. The van der Waals surface area contributed by atoms with E-state index < -0.39 is 11.9 Å². The number of nitrogens with zero attached hydrogens (tertiary/aromatic N) is 1. The number of carboxylic acid groups (broad SMARTS) is 1. The van der Waals surface area contributed by atoms with Gasteiger partial charge in [0.1, 0.15) is 0 Å². The summed E-state index contributed by atoms with van der Waals surface area (Å²) in [6, 6.07) is 22.9. The highest BCUT2D eigenvalue weighted by molar-refractivity contribution is 7.99. The van der Waals surface area contributed by atoms with Gasteiger partial charge in [-0.3, -0.25) is 19.3 Å². The molecule has 5 nitrogen and oxygen atoms in total. The Hall–Kier alpha value is -3.09. The van der Waals surface area contributed by atoms with E-state index >= 15 is 0 Å². The monoisotopic (exact) mass is 519 g/mol. The lowest BCUT2D eigenvalue weighted by molar-refractivity contribution is -0.142. The highest BCUT2D eigenvalue weighted by Crippen LogP contribution is 2.41. The summed E-state index contributed by atoms with van der Waals surface area (Å²) in [5.41, 5.74) is 4.24. The fourth-order valence-corrected chi connectivity index (χ4v) is 6.90. The van der Waals surface area contributed by atoms with Crippen LogP contribution in [0.3, 0.4) is 0 Å². The second kappa shape index (κ2) is 10.5. The molecule has 0 aromatic heterocycles. The van der Waals surface area contributed by atoms with Crippen molar-refractivity contribution in [2.75, 3.05) is 12.3 Å². The summed E-state index contributed by atoms with van der Waals surface area (Å²) in [4.78, 5) is 38.9. The number of amides is 2. The predicted molar refractivity (Wildman–Crippen MR) is 142 cm³/mol. The first-order valence-corrected chi connectivity index (χ1v) is 13.5. The van der Waals surface area contributed by atoms with Gasteiger partial charge in [0.25, 0.3) is 11.8 Å². The fourth-order valence-electron chi connectivity index (χ4n) is 5.27. The van der Waals surface area contributed by atoms with E-state index in [1.54, 1.807) is 36.0 Å². The van der Waals surface area contributed by atoms with Crippen molar-refractivity contribution >= 4 is 41.1 Å². The lowest BCUT2D eigenvalue weighted by atomic mass is 9.95. The molecule has 184 valence electrons. The molecule has 1 fully saturated rings. The Bertz CT molecular complexity index is 1260. The van der Waals surface area contributed by atoms with E-state index in [4.69, 9.17) is 11.6 Å². The van der Waals surface area contributed by atoms with Gasteiger partial charge < -0.3 is 5.11 Å². The van der Waals surface area contributed by atoms with Crippen molar-refractivity contribution in [1.29, 1.82) is 0 Å². The molecule has 36 heavy (non-hydrogen) atoms. The Labute approximate surface area is 219 Å². The van der Waals surface area contributed by atoms with Gasteiger partial charge in [0, 0.05) is 16.8 Å². The third-order valence-electron chi connectivity index (χ3n) is 7.16. The average molecular weight is 520 g/mol. The maximum Gasteiger partial charge on any atom is 0.307 e. The smallest absolute Gasteiger partial charge is 0.307 e. The van der Waals surface area contributed by atoms with Crippen molar-refractivity contribution in [2.45, 2.75) is 24.5 Å². The second-order valence-electron chi connectivity index (χ2n) is 9.33. The molecule has 0 radical (unpaired) electrons. The Balaban J connectivity index is 1.18. The summed E-state index contributed by atoms with van der Waals surface area (Å²) in [7, 11) is 0. The molecule has 3 aromatic rings. The number of benzene rings is 3. The maximum atomic E-state index is 12.8. The molecule has 7 heteroatoms. The molecule has 1 heterocycles. The van der Waals surface area contributed by atoms with Crippen LogP contribution in [-0.4, -0.2) is 45.3 Å². The molecular weight excluding hydrogens is 494 g/mol. The van der Waals surface area contributed by atoms with Gasteiger partial charge in [0.15, 0.2) is 0 Å². The number of halogens is 1. The van der Waals surface area contributed by atoms with Crippen LogP contribution in [0.5, 0.6) is 0 Å². The van der Waals surface area contributed by atoms with Crippen molar-refractivity contribution < 1.29 is 19.5 Å². The van der Waals surface area contributed by atoms with Gasteiger partial charge in [-0.05, 0) is 71.9 Å². The standard InChI is InChI=1S/C29H26ClNO4S/c30-22-12-9-20(10-13-22)19-7-5-18(6-8-19)15-16-36-25-14-11-21(26(25)29(34)35)17-31-27(32)23-3-1-2-4-24(23)28(31)33/h1-10,12-13,21,25-26H,11,14-17H2,(H,34,35)/t21-,25-,26-/m1/s1. The molecule has 3 aromatic carbocycles. The summed E-state index contributed by atoms with van der Waals surface area (Å²) < 4.78 is 0. The molecule has 1 aliphatic heterocycles. The molecule has 1 aliphatic carbocycles. The molecule has 0 unspecified atom stereocenters. The molecule has 5 rings (SSSR count). The first-order valence-electron chi connectivity index (χ1n) is 12.1. The molecule has 1 N–H and O–H groups in total. The normalized spacial score (nSPS) is 21.1.